The number of hydrogen-bond donors (Lipinski definition) is 1. The van der Waals surface area contributed by atoms with Gasteiger partial charge < -0.3 is 24.4 Å². The number of aromatic nitrogens is 1. The molecule has 0 aliphatic carbocycles. The summed E-state index contributed by atoms with van der Waals surface area (Å²) in [6, 6.07) is 10.7. The second-order valence-corrected chi connectivity index (χ2v) is 5.37. The van der Waals surface area contributed by atoms with Gasteiger partial charge in [0, 0.05) is 13.2 Å². The van der Waals surface area contributed by atoms with Crippen molar-refractivity contribution in [2.45, 2.75) is 6.10 Å². The van der Waals surface area contributed by atoms with Crippen molar-refractivity contribution in [3.8, 4) is 17.4 Å². The Morgan fingerprint density at radius 3 is 2.92 bits per heavy atom. The van der Waals surface area contributed by atoms with Gasteiger partial charge in [-0.2, -0.15) is 0 Å². The summed E-state index contributed by atoms with van der Waals surface area (Å²) < 4.78 is 16.6. The Morgan fingerprint density at radius 1 is 1.33 bits per heavy atom. The lowest BCUT2D eigenvalue weighted by molar-refractivity contribution is 0.0731. The van der Waals surface area contributed by atoms with Crippen LogP contribution in [0.15, 0.2) is 42.6 Å². The molecule has 1 atom stereocenters. The molecular weight excluding hydrogens is 310 g/mol. The van der Waals surface area contributed by atoms with Gasteiger partial charge in [-0.3, -0.25) is 0 Å². The van der Waals surface area contributed by atoms with Crippen LogP contribution in [0.4, 0.5) is 10.5 Å². The summed E-state index contributed by atoms with van der Waals surface area (Å²) in [5, 5.41) is 2.77. The molecule has 7 nitrogen and oxygen atoms in total. The number of likely N-dealkylation sites (N-methyl/N-ethyl adjacent to an activating group) is 1. The minimum absolute atomic E-state index is 0.230. The first kappa shape index (κ1) is 15.9. The van der Waals surface area contributed by atoms with Gasteiger partial charge in [0.15, 0.2) is 17.6 Å². The Morgan fingerprint density at radius 2 is 2.12 bits per heavy atom. The fourth-order valence-corrected chi connectivity index (χ4v) is 2.40. The Balaban J connectivity index is 1.59. The minimum Gasteiger partial charge on any atom is -0.486 e. The lowest BCUT2D eigenvalue weighted by Crippen LogP contribution is -2.43. The topological polar surface area (TPSA) is 72.9 Å². The molecule has 1 aromatic heterocycles. The lowest BCUT2D eigenvalue weighted by Gasteiger charge is -2.29. The van der Waals surface area contributed by atoms with E-state index < -0.39 is 0 Å². The molecule has 0 fully saturated rings. The molecule has 2 aromatic rings. The SMILES string of the molecule is COc1ncccc1NC(=O)N(C)C[C@@H]1COc2ccccc2O1. The van der Waals surface area contributed by atoms with Crippen molar-refractivity contribution in [1.82, 2.24) is 9.88 Å². The summed E-state index contributed by atoms with van der Waals surface area (Å²) in [5.74, 6) is 1.78. The smallest absolute Gasteiger partial charge is 0.321 e. The largest absolute Gasteiger partial charge is 0.486 e. The highest BCUT2D eigenvalue weighted by Gasteiger charge is 2.24. The van der Waals surface area contributed by atoms with Crippen molar-refractivity contribution in [2.75, 3.05) is 32.6 Å². The highest BCUT2D eigenvalue weighted by atomic mass is 16.6. The maximum atomic E-state index is 12.3. The number of carbonyl (C=O) groups excluding carboxylic acids is 1. The summed E-state index contributed by atoms with van der Waals surface area (Å²) in [7, 11) is 3.20. The molecule has 0 bridgehead atoms. The van der Waals surface area contributed by atoms with Crippen molar-refractivity contribution in [3.63, 3.8) is 0 Å². The monoisotopic (exact) mass is 329 g/mol. The van der Waals surface area contributed by atoms with E-state index >= 15 is 0 Å². The van der Waals surface area contributed by atoms with E-state index in [-0.39, 0.29) is 12.1 Å². The number of ether oxygens (including phenoxy) is 3. The van der Waals surface area contributed by atoms with Crippen molar-refractivity contribution < 1.29 is 19.0 Å². The summed E-state index contributed by atoms with van der Waals surface area (Å²) in [4.78, 5) is 17.9. The Bertz CT molecular complexity index is 722. The van der Waals surface area contributed by atoms with E-state index in [2.05, 4.69) is 10.3 Å². The van der Waals surface area contributed by atoms with Crippen molar-refractivity contribution in [3.05, 3.63) is 42.6 Å². The minimum atomic E-state index is -0.274. The van der Waals surface area contributed by atoms with E-state index in [4.69, 9.17) is 14.2 Å². The van der Waals surface area contributed by atoms with Gasteiger partial charge in [-0.25, -0.2) is 9.78 Å². The molecule has 24 heavy (non-hydrogen) atoms. The number of urea groups is 1. The second kappa shape index (κ2) is 7.08. The molecule has 126 valence electrons. The van der Waals surface area contributed by atoms with E-state index in [9.17, 15) is 4.79 Å². The fourth-order valence-electron chi connectivity index (χ4n) is 2.40. The number of hydrogen-bond acceptors (Lipinski definition) is 5. The summed E-state index contributed by atoms with van der Waals surface area (Å²) in [6.45, 7) is 0.785. The maximum absolute atomic E-state index is 12.3. The van der Waals surface area contributed by atoms with Gasteiger partial charge in [-0.05, 0) is 24.3 Å². The molecule has 1 aliphatic heterocycles. The van der Waals surface area contributed by atoms with Crippen LogP contribution in [-0.4, -0.2) is 49.3 Å². The number of para-hydroxylation sites is 2. The number of methoxy groups -OCH3 is 1. The molecule has 2 amide bonds. The molecule has 1 aliphatic rings. The molecule has 0 unspecified atom stereocenters. The molecular formula is C17H19N3O4. The van der Waals surface area contributed by atoms with Crippen molar-refractivity contribution >= 4 is 11.7 Å². The number of anilines is 1. The summed E-state index contributed by atoms with van der Waals surface area (Å²) in [5.41, 5.74) is 0.517. The van der Waals surface area contributed by atoms with Crippen LogP contribution >= 0.6 is 0 Å². The number of amides is 2. The van der Waals surface area contributed by atoms with Gasteiger partial charge in [-0.1, -0.05) is 12.1 Å². The van der Waals surface area contributed by atoms with E-state index in [1.165, 1.54) is 12.0 Å². The third-order valence-electron chi connectivity index (χ3n) is 3.60. The van der Waals surface area contributed by atoms with Gasteiger partial charge in [0.2, 0.25) is 5.88 Å². The number of rotatable bonds is 4. The number of benzene rings is 1. The quantitative estimate of drug-likeness (QED) is 0.932. The first-order valence-corrected chi connectivity index (χ1v) is 7.57. The van der Waals surface area contributed by atoms with E-state index in [1.807, 2.05) is 24.3 Å². The first-order valence-electron chi connectivity index (χ1n) is 7.57. The number of nitrogens with zero attached hydrogens (tertiary/aromatic N) is 2. The zero-order valence-electron chi connectivity index (χ0n) is 13.6. The highest BCUT2D eigenvalue weighted by molar-refractivity contribution is 5.90. The molecule has 0 saturated heterocycles. The fraction of sp³-hybridized carbons (Fsp3) is 0.294. The Hall–Kier alpha value is -2.96. The predicted molar refractivity (Wildman–Crippen MR) is 88.8 cm³/mol. The molecule has 1 N–H and O–H groups in total. The van der Waals surface area contributed by atoms with Crippen LogP contribution in [0.3, 0.4) is 0 Å². The van der Waals surface area contributed by atoms with Crippen molar-refractivity contribution in [1.29, 1.82) is 0 Å². The van der Waals surface area contributed by atoms with Gasteiger partial charge in [0.1, 0.15) is 12.3 Å². The van der Waals surface area contributed by atoms with Crippen LogP contribution in [-0.2, 0) is 0 Å². The molecule has 2 heterocycles. The standard InChI is InChI=1S/C17H19N3O4/c1-20(17(21)19-13-6-5-9-18-16(13)22-2)10-12-11-23-14-7-3-4-8-15(14)24-12/h3-9,12H,10-11H2,1-2H3,(H,19,21)/t12-/m1/s1. The zero-order chi connectivity index (χ0) is 16.9. The van der Waals surface area contributed by atoms with Crippen molar-refractivity contribution in [2.24, 2.45) is 0 Å². The van der Waals surface area contributed by atoms with Gasteiger partial charge in [0.25, 0.3) is 0 Å². The van der Waals surface area contributed by atoms with Crippen LogP contribution in [0.2, 0.25) is 0 Å². The Kier molecular flexibility index (Phi) is 4.69. The average molecular weight is 329 g/mol. The van der Waals surface area contributed by atoms with Crippen LogP contribution in [0, 0.1) is 0 Å². The van der Waals surface area contributed by atoms with Gasteiger partial charge in [0.05, 0.1) is 13.7 Å². The Labute approximate surface area is 140 Å². The maximum Gasteiger partial charge on any atom is 0.321 e. The lowest BCUT2D eigenvalue weighted by atomic mass is 10.2. The third-order valence-corrected chi connectivity index (χ3v) is 3.60. The number of nitrogens with one attached hydrogen (secondary N) is 1. The van der Waals surface area contributed by atoms with Crippen LogP contribution < -0.4 is 19.5 Å². The van der Waals surface area contributed by atoms with Gasteiger partial charge >= 0.3 is 6.03 Å². The zero-order valence-corrected chi connectivity index (χ0v) is 13.6. The average Bonchev–Trinajstić information content (AvgIpc) is 2.62. The second-order valence-electron chi connectivity index (χ2n) is 5.37. The first-order chi connectivity index (χ1) is 11.7. The van der Waals surface area contributed by atoms with Crippen LogP contribution in [0.1, 0.15) is 0 Å². The van der Waals surface area contributed by atoms with E-state index in [0.717, 1.165) is 5.75 Å². The number of fused-ring (bicyclic) bond motifs is 1. The van der Waals surface area contributed by atoms with Crippen LogP contribution in [0.25, 0.3) is 0 Å². The third kappa shape index (κ3) is 3.51. The van der Waals surface area contributed by atoms with E-state index in [1.54, 1.807) is 25.4 Å². The molecule has 3 rings (SSSR count). The van der Waals surface area contributed by atoms with Gasteiger partial charge in [-0.15, -0.1) is 0 Å². The highest BCUT2D eigenvalue weighted by Crippen LogP contribution is 2.31. The molecule has 0 spiro atoms. The molecule has 0 radical (unpaired) electrons. The predicted octanol–water partition coefficient (Wildman–Crippen LogP) is 2.39. The molecule has 0 saturated carbocycles. The number of carbonyl (C=O) groups is 1. The van der Waals surface area contributed by atoms with E-state index in [0.29, 0.717) is 30.5 Å². The normalized spacial score (nSPS) is 15.5. The number of pyridine rings is 1. The van der Waals surface area contributed by atoms with Crippen LogP contribution in [0.5, 0.6) is 17.4 Å². The molecule has 7 heteroatoms. The molecule has 1 aromatic carbocycles. The summed E-state index contributed by atoms with van der Waals surface area (Å²) in [6.07, 6.45) is 1.37. The summed E-state index contributed by atoms with van der Waals surface area (Å²) >= 11 is 0.